The zero-order valence-electron chi connectivity index (χ0n) is 11.0. The molecule has 3 N–H and O–H groups in total. The summed E-state index contributed by atoms with van der Waals surface area (Å²) in [6.45, 7) is 4.13. The van der Waals surface area contributed by atoms with Gasteiger partial charge in [-0.1, -0.05) is 25.4 Å². The summed E-state index contributed by atoms with van der Waals surface area (Å²) in [5.41, 5.74) is 3.61. The van der Waals surface area contributed by atoms with E-state index in [1.165, 1.54) is 0 Å². The zero-order chi connectivity index (χ0) is 13.7. The maximum Gasteiger partial charge on any atom is 0.256 e. The molecule has 1 amide bonds. The van der Waals surface area contributed by atoms with Crippen LogP contribution >= 0.6 is 11.6 Å². The molecule has 0 radical (unpaired) electrons. The minimum absolute atomic E-state index is 0.0702. The number of benzene rings is 1. The first-order valence-electron chi connectivity index (χ1n) is 6.08. The Morgan fingerprint density at radius 3 is 2.56 bits per heavy atom. The molecule has 0 saturated carbocycles. The molecule has 0 heterocycles. The van der Waals surface area contributed by atoms with Gasteiger partial charge in [0.05, 0.1) is 11.3 Å². The average molecular weight is 270 g/mol. The van der Waals surface area contributed by atoms with Gasteiger partial charge in [0, 0.05) is 18.1 Å². The van der Waals surface area contributed by atoms with E-state index in [0.717, 1.165) is 12.8 Å². The number of hydrazine groups is 1. The van der Waals surface area contributed by atoms with Gasteiger partial charge < -0.3 is 10.3 Å². The molecule has 18 heavy (non-hydrogen) atoms. The number of hydrogen-bond acceptors (Lipinski definition) is 3. The Morgan fingerprint density at radius 2 is 2.06 bits per heavy atom. The molecule has 0 bridgehead atoms. The van der Waals surface area contributed by atoms with Crippen molar-refractivity contribution in [2.24, 2.45) is 5.84 Å². The zero-order valence-corrected chi connectivity index (χ0v) is 11.8. The summed E-state index contributed by atoms with van der Waals surface area (Å²) in [6.07, 6.45) is 1.84. The third kappa shape index (κ3) is 3.15. The van der Waals surface area contributed by atoms with Gasteiger partial charge in [-0.3, -0.25) is 10.6 Å². The molecule has 0 fully saturated rings. The topological polar surface area (TPSA) is 58.4 Å². The summed E-state index contributed by atoms with van der Waals surface area (Å²) < 4.78 is 0. The van der Waals surface area contributed by atoms with Gasteiger partial charge in [0.1, 0.15) is 0 Å². The fourth-order valence-corrected chi connectivity index (χ4v) is 2.18. The SMILES string of the molecule is CCC(CC)N(C)C(=O)c1cc(Cl)ccc1NN. The molecule has 5 heteroatoms. The molecule has 0 atom stereocenters. The van der Waals surface area contributed by atoms with Crippen LogP contribution in [0.4, 0.5) is 5.69 Å². The van der Waals surface area contributed by atoms with Gasteiger partial charge in [-0.25, -0.2) is 0 Å². The molecule has 0 spiro atoms. The van der Waals surface area contributed by atoms with Gasteiger partial charge in [0.25, 0.3) is 5.91 Å². The Bertz CT molecular complexity index is 419. The third-order valence-electron chi connectivity index (χ3n) is 3.18. The molecule has 1 rings (SSSR count). The van der Waals surface area contributed by atoms with Crippen LogP contribution in [0.3, 0.4) is 0 Å². The second kappa shape index (κ2) is 6.61. The Morgan fingerprint density at radius 1 is 1.44 bits per heavy atom. The number of nitrogens with one attached hydrogen (secondary N) is 1. The number of carbonyl (C=O) groups excluding carboxylic acids is 1. The van der Waals surface area contributed by atoms with Crippen molar-refractivity contribution in [1.82, 2.24) is 4.90 Å². The monoisotopic (exact) mass is 269 g/mol. The maximum absolute atomic E-state index is 12.4. The van der Waals surface area contributed by atoms with Crippen LogP contribution in [0.25, 0.3) is 0 Å². The quantitative estimate of drug-likeness (QED) is 0.638. The van der Waals surface area contributed by atoms with Crippen molar-refractivity contribution in [3.8, 4) is 0 Å². The van der Waals surface area contributed by atoms with Crippen molar-refractivity contribution >= 4 is 23.2 Å². The highest BCUT2D eigenvalue weighted by Crippen LogP contribution is 2.22. The van der Waals surface area contributed by atoms with Crippen LogP contribution in [0.1, 0.15) is 37.0 Å². The summed E-state index contributed by atoms with van der Waals surface area (Å²) in [4.78, 5) is 14.2. The highest BCUT2D eigenvalue weighted by Gasteiger charge is 2.20. The van der Waals surface area contributed by atoms with Crippen molar-refractivity contribution < 1.29 is 4.79 Å². The molecule has 0 aliphatic carbocycles. The smallest absolute Gasteiger partial charge is 0.256 e. The van der Waals surface area contributed by atoms with Crippen LogP contribution < -0.4 is 11.3 Å². The Hall–Kier alpha value is -1.26. The molecule has 100 valence electrons. The predicted octanol–water partition coefficient (Wildman–Crippen LogP) is 2.89. The van der Waals surface area contributed by atoms with Crippen LogP contribution in [-0.4, -0.2) is 23.9 Å². The summed E-state index contributed by atoms with van der Waals surface area (Å²) in [6, 6.07) is 5.26. The number of amides is 1. The lowest BCUT2D eigenvalue weighted by molar-refractivity contribution is 0.0724. The molecule has 1 aromatic carbocycles. The largest absolute Gasteiger partial charge is 0.339 e. The number of carbonyl (C=O) groups is 1. The number of halogens is 1. The van der Waals surface area contributed by atoms with E-state index in [1.54, 1.807) is 30.1 Å². The lowest BCUT2D eigenvalue weighted by Crippen LogP contribution is -2.36. The van der Waals surface area contributed by atoms with E-state index in [9.17, 15) is 4.79 Å². The van der Waals surface area contributed by atoms with Crippen molar-refractivity contribution in [1.29, 1.82) is 0 Å². The number of hydrogen-bond donors (Lipinski definition) is 2. The van der Waals surface area contributed by atoms with Crippen molar-refractivity contribution in [2.75, 3.05) is 12.5 Å². The molecule has 0 unspecified atom stereocenters. The lowest BCUT2D eigenvalue weighted by atomic mass is 10.1. The second-order valence-electron chi connectivity index (χ2n) is 4.22. The van der Waals surface area contributed by atoms with Crippen LogP contribution in [0.2, 0.25) is 5.02 Å². The van der Waals surface area contributed by atoms with Gasteiger partial charge in [-0.05, 0) is 31.0 Å². The molecule has 1 aromatic rings. The molecular formula is C13H20ClN3O. The van der Waals surface area contributed by atoms with Gasteiger partial charge in [0.15, 0.2) is 0 Å². The minimum atomic E-state index is -0.0702. The molecule has 0 aromatic heterocycles. The molecule has 0 aliphatic rings. The first-order chi connectivity index (χ1) is 8.54. The van der Waals surface area contributed by atoms with Gasteiger partial charge >= 0.3 is 0 Å². The molecule has 4 nitrogen and oxygen atoms in total. The van der Waals surface area contributed by atoms with Crippen LogP contribution in [-0.2, 0) is 0 Å². The standard InChI is InChI=1S/C13H20ClN3O/c1-4-10(5-2)17(3)13(18)11-8-9(14)6-7-12(11)16-15/h6-8,10,16H,4-5,15H2,1-3H3. The number of rotatable bonds is 5. The Labute approximate surface area is 113 Å². The minimum Gasteiger partial charge on any atom is -0.339 e. The summed E-state index contributed by atoms with van der Waals surface area (Å²) in [5.74, 6) is 5.35. The summed E-state index contributed by atoms with van der Waals surface area (Å²) >= 11 is 5.93. The number of nitrogens with zero attached hydrogens (tertiary/aromatic N) is 1. The van der Waals surface area contributed by atoms with Crippen LogP contribution in [0.15, 0.2) is 18.2 Å². The maximum atomic E-state index is 12.4. The van der Waals surface area contributed by atoms with Crippen molar-refractivity contribution in [2.45, 2.75) is 32.7 Å². The number of nitrogen functional groups attached to an aromatic ring is 1. The normalized spacial score (nSPS) is 10.6. The van der Waals surface area contributed by atoms with Crippen molar-refractivity contribution in [3.05, 3.63) is 28.8 Å². The van der Waals surface area contributed by atoms with E-state index in [4.69, 9.17) is 17.4 Å². The van der Waals surface area contributed by atoms with Gasteiger partial charge in [-0.2, -0.15) is 0 Å². The molecule has 0 aliphatic heterocycles. The van der Waals surface area contributed by atoms with E-state index in [1.807, 2.05) is 0 Å². The highest BCUT2D eigenvalue weighted by molar-refractivity contribution is 6.31. The van der Waals surface area contributed by atoms with Crippen LogP contribution in [0.5, 0.6) is 0 Å². The lowest BCUT2D eigenvalue weighted by Gasteiger charge is -2.27. The third-order valence-corrected chi connectivity index (χ3v) is 3.41. The number of nitrogens with two attached hydrogens (primary N) is 1. The predicted molar refractivity (Wildman–Crippen MR) is 75.7 cm³/mol. The van der Waals surface area contributed by atoms with Gasteiger partial charge in [-0.15, -0.1) is 0 Å². The van der Waals surface area contributed by atoms with E-state index in [2.05, 4.69) is 19.3 Å². The van der Waals surface area contributed by atoms with E-state index < -0.39 is 0 Å². The number of anilines is 1. The summed E-state index contributed by atoms with van der Waals surface area (Å²) in [5, 5.41) is 0.523. The second-order valence-corrected chi connectivity index (χ2v) is 4.66. The fourth-order valence-electron chi connectivity index (χ4n) is 2.01. The molecular weight excluding hydrogens is 250 g/mol. The van der Waals surface area contributed by atoms with Gasteiger partial charge in [0.2, 0.25) is 0 Å². The van der Waals surface area contributed by atoms with E-state index in [0.29, 0.717) is 16.3 Å². The Kier molecular flexibility index (Phi) is 5.44. The van der Waals surface area contributed by atoms with E-state index >= 15 is 0 Å². The first kappa shape index (κ1) is 14.8. The first-order valence-corrected chi connectivity index (χ1v) is 6.46. The Balaban J connectivity index is 3.05. The van der Waals surface area contributed by atoms with E-state index in [-0.39, 0.29) is 11.9 Å². The fraction of sp³-hybridized carbons (Fsp3) is 0.462. The van der Waals surface area contributed by atoms with Crippen molar-refractivity contribution in [3.63, 3.8) is 0 Å². The summed E-state index contributed by atoms with van der Waals surface area (Å²) in [7, 11) is 1.81. The van der Waals surface area contributed by atoms with Crippen LogP contribution in [0, 0.1) is 0 Å². The average Bonchev–Trinajstić information content (AvgIpc) is 2.39. The molecule has 0 saturated heterocycles. The highest BCUT2D eigenvalue weighted by atomic mass is 35.5.